The predicted octanol–water partition coefficient (Wildman–Crippen LogP) is 0.725. The first-order valence-corrected chi connectivity index (χ1v) is 8.53. The average molecular weight is 326 g/mol. The highest BCUT2D eigenvalue weighted by Gasteiger charge is 2.32. The van der Waals surface area contributed by atoms with Gasteiger partial charge in [0.05, 0.1) is 26.4 Å². The first-order valence-electron chi connectivity index (χ1n) is 7.71. The number of hydrogen-bond acceptors (Lipinski definition) is 7. The molecule has 1 aromatic rings. The van der Waals surface area contributed by atoms with E-state index in [1.54, 1.807) is 11.3 Å². The van der Waals surface area contributed by atoms with Gasteiger partial charge >= 0.3 is 0 Å². The number of nitrogens with zero attached hydrogens (tertiary/aromatic N) is 4. The van der Waals surface area contributed by atoms with Gasteiger partial charge in [-0.25, -0.2) is 0 Å². The zero-order chi connectivity index (χ0) is 15.5. The molecule has 1 aromatic heterocycles. The van der Waals surface area contributed by atoms with Gasteiger partial charge in [0.1, 0.15) is 5.01 Å². The highest BCUT2D eigenvalue weighted by Crippen LogP contribution is 2.27. The van der Waals surface area contributed by atoms with Crippen LogP contribution in [-0.2, 0) is 14.3 Å². The molecule has 0 saturated carbocycles. The van der Waals surface area contributed by atoms with E-state index in [4.69, 9.17) is 9.47 Å². The van der Waals surface area contributed by atoms with Crippen molar-refractivity contribution >= 4 is 22.4 Å². The lowest BCUT2D eigenvalue weighted by Gasteiger charge is -2.35. The molecule has 1 amide bonds. The molecule has 3 heterocycles. The molecule has 122 valence electrons. The number of aromatic nitrogens is 2. The van der Waals surface area contributed by atoms with E-state index in [1.165, 1.54) is 0 Å². The molecule has 3 rings (SSSR count). The normalized spacial score (nSPS) is 23.1. The fourth-order valence-corrected chi connectivity index (χ4v) is 3.43. The van der Waals surface area contributed by atoms with Crippen LogP contribution in [0, 0.1) is 0 Å². The summed E-state index contributed by atoms with van der Waals surface area (Å²) in [7, 11) is 0. The Kier molecular flexibility index (Phi) is 4.90. The first kappa shape index (κ1) is 15.6. The van der Waals surface area contributed by atoms with Crippen molar-refractivity contribution in [3.63, 3.8) is 0 Å². The number of carbonyl (C=O) groups excluding carboxylic acids is 1. The van der Waals surface area contributed by atoms with Gasteiger partial charge in [0.15, 0.2) is 6.10 Å². The van der Waals surface area contributed by atoms with Crippen molar-refractivity contribution < 1.29 is 14.3 Å². The largest absolute Gasteiger partial charge is 0.378 e. The van der Waals surface area contributed by atoms with Gasteiger partial charge in [0.2, 0.25) is 5.13 Å². The van der Waals surface area contributed by atoms with Crippen molar-refractivity contribution in [3.8, 4) is 0 Å². The van der Waals surface area contributed by atoms with E-state index >= 15 is 0 Å². The van der Waals surface area contributed by atoms with Gasteiger partial charge in [0.25, 0.3) is 5.91 Å². The third-order valence-electron chi connectivity index (χ3n) is 3.86. The predicted molar refractivity (Wildman–Crippen MR) is 83.4 cm³/mol. The molecule has 22 heavy (non-hydrogen) atoms. The van der Waals surface area contributed by atoms with E-state index in [9.17, 15) is 4.79 Å². The molecule has 0 aromatic carbocycles. The Bertz CT molecular complexity index is 516. The Morgan fingerprint density at radius 3 is 2.68 bits per heavy atom. The summed E-state index contributed by atoms with van der Waals surface area (Å²) in [6.07, 6.45) is -0.418. The summed E-state index contributed by atoms with van der Waals surface area (Å²) in [4.78, 5) is 16.5. The van der Waals surface area contributed by atoms with E-state index in [0.29, 0.717) is 45.4 Å². The molecule has 2 saturated heterocycles. The van der Waals surface area contributed by atoms with Crippen LogP contribution in [0.2, 0.25) is 0 Å². The van der Waals surface area contributed by atoms with Crippen molar-refractivity contribution in [3.05, 3.63) is 5.01 Å². The lowest BCUT2D eigenvalue weighted by Crippen LogP contribution is -2.53. The van der Waals surface area contributed by atoms with Crippen molar-refractivity contribution in [2.75, 3.05) is 50.9 Å². The van der Waals surface area contributed by atoms with Gasteiger partial charge in [0, 0.05) is 25.6 Å². The third-order valence-corrected chi connectivity index (χ3v) is 5.14. The maximum Gasteiger partial charge on any atom is 0.253 e. The number of anilines is 1. The van der Waals surface area contributed by atoms with Crippen molar-refractivity contribution in [2.45, 2.75) is 25.9 Å². The minimum atomic E-state index is -0.418. The highest BCUT2D eigenvalue weighted by molar-refractivity contribution is 7.15. The highest BCUT2D eigenvalue weighted by atomic mass is 32.1. The summed E-state index contributed by atoms with van der Waals surface area (Å²) in [5, 5.41) is 10.4. The topological polar surface area (TPSA) is 67.8 Å². The second-order valence-corrected chi connectivity index (χ2v) is 6.81. The monoisotopic (exact) mass is 326 g/mol. The SMILES string of the molecule is CC(C)c1nnc(N2CCOC(C(=O)N3CCOCC3)C2)s1. The van der Waals surface area contributed by atoms with Crippen molar-refractivity contribution in [2.24, 2.45) is 0 Å². The number of hydrogen-bond donors (Lipinski definition) is 0. The van der Waals surface area contributed by atoms with Crippen LogP contribution in [0.5, 0.6) is 0 Å². The van der Waals surface area contributed by atoms with Gasteiger partial charge in [-0.1, -0.05) is 25.2 Å². The maximum absolute atomic E-state index is 12.5. The molecular weight excluding hydrogens is 304 g/mol. The summed E-state index contributed by atoms with van der Waals surface area (Å²) in [5.41, 5.74) is 0. The zero-order valence-electron chi connectivity index (χ0n) is 13.0. The van der Waals surface area contributed by atoms with Crippen LogP contribution in [0.1, 0.15) is 24.8 Å². The maximum atomic E-state index is 12.5. The van der Waals surface area contributed by atoms with Gasteiger partial charge in [-0.15, -0.1) is 10.2 Å². The van der Waals surface area contributed by atoms with Gasteiger partial charge in [-0.3, -0.25) is 4.79 Å². The molecule has 0 bridgehead atoms. The Hall–Kier alpha value is -1.25. The lowest BCUT2D eigenvalue weighted by molar-refractivity contribution is -0.148. The zero-order valence-corrected chi connectivity index (χ0v) is 13.8. The van der Waals surface area contributed by atoms with Crippen molar-refractivity contribution in [1.29, 1.82) is 0 Å². The number of carbonyl (C=O) groups is 1. The molecular formula is C14H22N4O3S. The molecule has 8 heteroatoms. The number of amides is 1. The first-order chi connectivity index (χ1) is 10.6. The summed E-state index contributed by atoms with van der Waals surface area (Å²) in [6, 6.07) is 0. The number of morpholine rings is 2. The van der Waals surface area contributed by atoms with Crippen molar-refractivity contribution in [1.82, 2.24) is 15.1 Å². The van der Waals surface area contributed by atoms with Gasteiger partial charge in [-0.2, -0.15) is 0 Å². The fourth-order valence-electron chi connectivity index (χ4n) is 2.55. The molecule has 0 N–H and O–H groups in total. The average Bonchev–Trinajstić information content (AvgIpc) is 3.05. The third kappa shape index (κ3) is 3.39. The summed E-state index contributed by atoms with van der Waals surface area (Å²) >= 11 is 1.60. The Balaban J connectivity index is 1.64. The summed E-state index contributed by atoms with van der Waals surface area (Å²) in [6.45, 7) is 8.55. The molecule has 1 atom stereocenters. The quantitative estimate of drug-likeness (QED) is 0.815. The molecule has 0 aliphatic carbocycles. The molecule has 2 fully saturated rings. The van der Waals surface area contributed by atoms with Gasteiger partial charge in [-0.05, 0) is 0 Å². The second-order valence-electron chi connectivity index (χ2n) is 5.82. The van der Waals surface area contributed by atoms with Crippen LogP contribution < -0.4 is 4.90 Å². The van der Waals surface area contributed by atoms with Crippen LogP contribution in [-0.4, -0.2) is 73.1 Å². The lowest BCUT2D eigenvalue weighted by atomic mass is 10.2. The standard InChI is InChI=1S/C14H22N4O3S/c1-10(2)12-15-16-14(22-12)18-5-8-21-11(9-18)13(19)17-3-6-20-7-4-17/h10-11H,3-9H2,1-2H3. The van der Waals surface area contributed by atoms with Crippen LogP contribution in [0.3, 0.4) is 0 Å². The van der Waals surface area contributed by atoms with Crippen LogP contribution in [0.25, 0.3) is 0 Å². The number of ether oxygens (including phenoxy) is 2. The second kappa shape index (κ2) is 6.89. The Morgan fingerprint density at radius 2 is 2.00 bits per heavy atom. The Morgan fingerprint density at radius 1 is 1.23 bits per heavy atom. The minimum absolute atomic E-state index is 0.0570. The van der Waals surface area contributed by atoms with E-state index in [1.807, 2.05) is 4.90 Å². The summed E-state index contributed by atoms with van der Waals surface area (Å²) in [5.74, 6) is 0.430. The van der Waals surface area contributed by atoms with Crippen LogP contribution in [0.15, 0.2) is 0 Å². The van der Waals surface area contributed by atoms with E-state index < -0.39 is 6.10 Å². The number of rotatable bonds is 3. The molecule has 2 aliphatic heterocycles. The Labute approximate surface area is 134 Å². The fraction of sp³-hybridized carbons (Fsp3) is 0.786. The van der Waals surface area contributed by atoms with Crippen LogP contribution >= 0.6 is 11.3 Å². The van der Waals surface area contributed by atoms with E-state index in [0.717, 1.165) is 16.7 Å². The molecule has 7 nitrogen and oxygen atoms in total. The molecule has 0 spiro atoms. The molecule has 0 radical (unpaired) electrons. The van der Waals surface area contributed by atoms with Gasteiger partial charge < -0.3 is 19.3 Å². The molecule has 1 unspecified atom stereocenters. The van der Waals surface area contributed by atoms with Crippen LogP contribution in [0.4, 0.5) is 5.13 Å². The van der Waals surface area contributed by atoms with E-state index in [2.05, 4.69) is 28.9 Å². The summed E-state index contributed by atoms with van der Waals surface area (Å²) < 4.78 is 11.0. The smallest absolute Gasteiger partial charge is 0.253 e. The molecule has 2 aliphatic rings. The van der Waals surface area contributed by atoms with E-state index in [-0.39, 0.29) is 5.91 Å². The minimum Gasteiger partial charge on any atom is -0.378 e.